The largest absolute Gasteiger partial charge is 0.435 e. The van der Waals surface area contributed by atoms with E-state index >= 15 is 0 Å². The van der Waals surface area contributed by atoms with Crippen LogP contribution in [-0.4, -0.2) is 6.61 Å². The molecule has 0 saturated carbocycles. The fraction of sp³-hybridized carbons (Fsp3) is 0.250. The predicted molar refractivity (Wildman–Crippen MR) is 78.2 cm³/mol. The number of rotatable bonds is 5. The summed E-state index contributed by atoms with van der Waals surface area (Å²) in [6.45, 7) is 1.18. The molecule has 2 aromatic carbocycles. The lowest BCUT2D eigenvalue weighted by Gasteiger charge is -2.20. The van der Waals surface area contributed by atoms with Crippen LogP contribution in [0.5, 0.6) is 5.75 Å². The maximum Gasteiger partial charge on any atom is 0.387 e. The number of hydrogen-bond donors (Lipinski definition) is 2. The van der Waals surface area contributed by atoms with Crippen LogP contribution in [0.2, 0.25) is 0 Å². The SMILES string of the molecule is Cc1cccc(C(NN)c2cccc(OC(F)F)c2)c1C. The molecule has 2 rings (SSSR count). The van der Waals surface area contributed by atoms with Gasteiger partial charge in [0.25, 0.3) is 0 Å². The number of benzene rings is 2. The number of ether oxygens (including phenoxy) is 1. The fourth-order valence-corrected chi connectivity index (χ4v) is 2.32. The average molecular weight is 292 g/mol. The van der Waals surface area contributed by atoms with Crippen molar-refractivity contribution >= 4 is 0 Å². The summed E-state index contributed by atoms with van der Waals surface area (Å²) in [6, 6.07) is 12.2. The molecule has 0 aromatic heterocycles. The van der Waals surface area contributed by atoms with Gasteiger partial charge in [-0.2, -0.15) is 8.78 Å². The third-order valence-electron chi connectivity index (χ3n) is 3.54. The summed E-state index contributed by atoms with van der Waals surface area (Å²) in [4.78, 5) is 0. The van der Waals surface area contributed by atoms with Crippen LogP contribution in [0, 0.1) is 13.8 Å². The second-order valence-electron chi connectivity index (χ2n) is 4.84. The fourth-order valence-electron chi connectivity index (χ4n) is 2.32. The predicted octanol–water partition coefficient (Wildman–Crippen LogP) is 3.46. The van der Waals surface area contributed by atoms with Gasteiger partial charge in [0.1, 0.15) is 5.75 Å². The summed E-state index contributed by atoms with van der Waals surface area (Å²) >= 11 is 0. The van der Waals surface area contributed by atoms with Gasteiger partial charge in [-0.1, -0.05) is 30.3 Å². The molecule has 1 atom stereocenters. The summed E-state index contributed by atoms with van der Waals surface area (Å²) in [7, 11) is 0. The summed E-state index contributed by atoms with van der Waals surface area (Å²) in [5, 5.41) is 0. The van der Waals surface area contributed by atoms with Crippen molar-refractivity contribution in [3.05, 3.63) is 64.7 Å². The molecule has 0 fully saturated rings. The molecule has 0 saturated heterocycles. The molecular weight excluding hydrogens is 274 g/mol. The van der Waals surface area contributed by atoms with Gasteiger partial charge in [0.05, 0.1) is 6.04 Å². The highest BCUT2D eigenvalue weighted by Gasteiger charge is 2.16. The molecule has 21 heavy (non-hydrogen) atoms. The first kappa shape index (κ1) is 15.4. The van der Waals surface area contributed by atoms with Gasteiger partial charge in [-0.3, -0.25) is 5.84 Å². The normalized spacial score (nSPS) is 12.5. The molecule has 0 spiro atoms. The van der Waals surface area contributed by atoms with Crippen LogP contribution in [0.4, 0.5) is 8.78 Å². The number of hydrogen-bond acceptors (Lipinski definition) is 3. The van der Waals surface area contributed by atoms with Crippen molar-refractivity contribution in [2.45, 2.75) is 26.5 Å². The van der Waals surface area contributed by atoms with Gasteiger partial charge in [0.2, 0.25) is 0 Å². The molecular formula is C16H18F2N2O. The first-order valence-electron chi connectivity index (χ1n) is 6.60. The van der Waals surface area contributed by atoms with E-state index in [0.29, 0.717) is 0 Å². The topological polar surface area (TPSA) is 47.3 Å². The smallest absolute Gasteiger partial charge is 0.387 e. The van der Waals surface area contributed by atoms with Crippen molar-refractivity contribution in [3.63, 3.8) is 0 Å². The minimum atomic E-state index is -2.84. The van der Waals surface area contributed by atoms with Gasteiger partial charge < -0.3 is 4.74 Å². The lowest BCUT2D eigenvalue weighted by molar-refractivity contribution is -0.0498. The zero-order valence-electron chi connectivity index (χ0n) is 11.9. The number of hydrazine groups is 1. The Kier molecular flexibility index (Phi) is 4.88. The maximum atomic E-state index is 12.3. The monoisotopic (exact) mass is 292 g/mol. The van der Waals surface area contributed by atoms with Crippen molar-refractivity contribution in [2.24, 2.45) is 5.84 Å². The maximum absolute atomic E-state index is 12.3. The quantitative estimate of drug-likeness (QED) is 0.655. The molecule has 2 aromatic rings. The number of alkyl halides is 2. The van der Waals surface area contributed by atoms with Gasteiger partial charge in [-0.25, -0.2) is 5.43 Å². The molecule has 0 bridgehead atoms. The third kappa shape index (κ3) is 3.56. The van der Waals surface area contributed by atoms with Crippen LogP contribution in [0.1, 0.15) is 28.3 Å². The highest BCUT2D eigenvalue weighted by Crippen LogP contribution is 2.28. The highest BCUT2D eigenvalue weighted by atomic mass is 19.3. The van der Waals surface area contributed by atoms with Gasteiger partial charge in [0.15, 0.2) is 0 Å². The van der Waals surface area contributed by atoms with Crippen LogP contribution in [0.25, 0.3) is 0 Å². The molecule has 0 aliphatic heterocycles. The summed E-state index contributed by atoms with van der Waals surface area (Å²) < 4.78 is 29.1. The van der Waals surface area contributed by atoms with Crippen LogP contribution in [0.15, 0.2) is 42.5 Å². The summed E-state index contributed by atoms with van der Waals surface area (Å²) in [6.07, 6.45) is 0. The van der Waals surface area contributed by atoms with E-state index < -0.39 is 6.61 Å². The van der Waals surface area contributed by atoms with Crippen LogP contribution in [-0.2, 0) is 0 Å². The molecule has 5 heteroatoms. The van der Waals surface area contributed by atoms with Crippen molar-refractivity contribution in [2.75, 3.05) is 0 Å². The van der Waals surface area contributed by atoms with E-state index in [4.69, 9.17) is 5.84 Å². The van der Waals surface area contributed by atoms with E-state index in [1.54, 1.807) is 12.1 Å². The first-order chi connectivity index (χ1) is 10.0. The Morgan fingerprint density at radius 3 is 2.48 bits per heavy atom. The lowest BCUT2D eigenvalue weighted by Crippen LogP contribution is -2.29. The lowest BCUT2D eigenvalue weighted by atomic mass is 9.93. The Balaban J connectivity index is 2.39. The van der Waals surface area contributed by atoms with E-state index in [2.05, 4.69) is 10.2 Å². The van der Waals surface area contributed by atoms with Crippen molar-refractivity contribution < 1.29 is 13.5 Å². The van der Waals surface area contributed by atoms with Gasteiger partial charge in [-0.05, 0) is 48.2 Å². The zero-order chi connectivity index (χ0) is 15.4. The van der Waals surface area contributed by atoms with E-state index in [-0.39, 0.29) is 11.8 Å². The molecule has 0 heterocycles. The first-order valence-corrected chi connectivity index (χ1v) is 6.60. The average Bonchev–Trinajstić information content (AvgIpc) is 2.44. The number of nitrogens with two attached hydrogens (primary N) is 1. The van der Waals surface area contributed by atoms with Crippen molar-refractivity contribution in [1.29, 1.82) is 0 Å². The molecule has 0 aliphatic carbocycles. The Morgan fingerprint density at radius 2 is 1.81 bits per heavy atom. The molecule has 3 nitrogen and oxygen atoms in total. The molecule has 0 amide bonds. The van der Waals surface area contributed by atoms with Gasteiger partial charge in [-0.15, -0.1) is 0 Å². The molecule has 0 radical (unpaired) electrons. The van der Waals surface area contributed by atoms with Crippen LogP contribution in [0.3, 0.4) is 0 Å². The second-order valence-corrected chi connectivity index (χ2v) is 4.84. The van der Waals surface area contributed by atoms with Crippen molar-refractivity contribution in [1.82, 2.24) is 5.43 Å². The number of halogens is 2. The molecule has 1 unspecified atom stereocenters. The zero-order valence-corrected chi connectivity index (χ0v) is 11.9. The Bertz CT molecular complexity index is 617. The van der Waals surface area contributed by atoms with Crippen LogP contribution < -0.4 is 16.0 Å². The summed E-state index contributed by atoms with van der Waals surface area (Å²) in [5.74, 6) is 5.79. The highest BCUT2D eigenvalue weighted by molar-refractivity contribution is 5.42. The van der Waals surface area contributed by atoms with Gasteiger partial charge >= 0.3 is 6.61 Å². The molecule has 0 aliphatic rings. The van der Waals surface area contributed by atoms with E-state index in [1.807, 2.05) is 38.1 Å². The Morgan fingerprint density at radius 1 is 1.10 bits per heavy atom. The van der Waals surface area contributed by atoms with Crippen molar-refractivity contribution in [3.8, 4) is 5.75 Å². The van der Waals surface area contributed by atoms with E-state index in [0.717, 1.165) is 22.3 Å². The minimum Gasteiger partial charge on any atom is -0.435 e. The third-order valence-corrected chi connectivity index (χ3v) is 3.54. The minimum absolute atomic E-state index is 0.119. The molecule has 112 valence electrons. The molecule has 3 N–H and O–H groups in total. The summed E-state index contributed by atoms with van der Waals surface area (Å²) in [5.41, 5.74) is 6.77. The van der Waals surface area contributed by atoms with E-state index in [1.165, 1.54) is 6.07 Å². The standard InChI is InChI=1S/C16H18F2N2O/c1-10-5-3-8-14(11(10)2)15(20-19)12-6-4-7-13(9-12)21-16(17)18/h3-9,15-16,20H,19H2,1-2H3. The van der Waals surface area contributed by atoms with Crippen LogP contribution >= 0.6 is 0 Å². The number of aryl methyl sites for hydroxylation is 1. The van der Waals surface area contributed by atoms with E-state index in [9.17, 15) is 8.78 Å². The second kappa shape index (κ2) is 6.65. The Hall–Kier alpha value is -1.98. The Labute approximate surface area is 122 Å². The number of nitrogens with one attached hydrogen (secondary N) is 1. The van der Waals surface area contributed by atoms with Gasteiger partial charge in [0, 0.05) is 0 Å².